The molecule has 1 amide bonds. The number of amides is 1. The molecule has 1 aliphatic heterocycles. The van der Waals surface area contributed by atoms with Gasteiger partial charge in [-0.25, -0.2) is 4.79 Å². The molecule has 2 atom stereocenters. The van der Waals surface area contributed by atoms with Crippen molar-refractivity contribution >= 4 is 28.5 Å². The second kappa shape index (κ2) is 7.86. The number of hydrogen-bond acceptors (Lipinski definition) is 5. The standard InChI is InChI=1S/C24H33N3O4/c1-6-31-22(29)21-20(17-9-16(30-5)7-8-18(17)25-21)26-19(28)12-27-14-24(4)11-15(27)10-23(2,3)13-24/h7-9,15,25H,6,10-14H2,1-5H3,(H,26,28)/t15-,24+/m1/s1. The van der Waals surface area contributed by atoms with E-state index in [1.54, 1.807) is 14.0 Å². The van der Waals surface area contributed by atoms with Crippen LogP contribution in [0.3, 0.4) is 0 Å². The third-order valence-corrected chi connectivity index (χ3v) is 6.62. The molecule has 1 aliphatic carbocycles. The highest BCUT2D eigenvalue weighted by Gasteiger charge is 2.49. The van der Waals surface area contributed by atoms with Crippen molar-refractivity contribution in [3.05, 3.63) is 23.9 Å². The monoisotopic (exact) mass is 427 g/mol. The van der Waals surface area contributed by atoms with Crippen molar-refractivity contribution in [2.75, 3.05) is 32.1 Å². The van der Waals surface area contributed by atoms with Crippen LogP contribution in [0.4, 0.5) is 5.69 Å². The van der Waals surface area contributed by atoms with Gasteiger partial charge in [-0.15, -0.1) is 0 Å². The van der Waals surface area contributed by atoms with Gasteiger partial charge in [0, 0.05) is 23.5 Å². The highest BCUT2D eigenvalue weighted by molar-refractivity contribution is 6.11. The molecule has 168 valence electrons. The number of ether oxygens (including phenoxy) is 2. The van der Waals surface area contributed by atoms with Crippen molar-refractivity contribution in [1.29, 1.82) is 0 Å². The normalized spacial score (nSPS) is 24.9. The van der Waals surface area contributed by atoms with Gasteiger partial charge < -0.3 is 19.8 Å². The van der Waals surface area contributed by atoms with Crippen LogP contribution in [-0.2, 0) is 9.53 Å². The molecule has 2 N–H and O–H groups in total. The molecule has 1 aromatic heterocycles. The smallest absolute Gasteiger partial charge is 0.356 e. The molecule has 4 rings (SSSR count). The third kappa shape index (κ3) is 4.28. The highest BCUT2D eigenvalue weighted by Crippen LogP contribution is 2.52. The highest BCUT2D eigenvalue weighted by atomic mass is 16.5. The Morgan fingerprint density at radius 1 is 1.26 bits per heavy atom. The zero-order valence-electron chi connectivity index (χ0n) is 19.1. The Labute approximate surface area is 183 Å². The summed E-state index contributed by atoms with van der Waals surface area (Å²) in [6.07, 6.45) is 3.43. The fourth-order valence-electron chi connectivity index (χ4n) is 5.91. The van der Waals surface area contributed by atoms with Crippen LogP contribution in [0.25, 0.3) is 10.9 Å². The largest absolute Gasteiger partial charge is 0.497 e. The van der Waals surface area contributed by atoms with Crippen molar-refractivity contribution in [1.82, 2.24) is 9.88 Å². The van der Waals surface area contributed by atoms with Crippen LogP contribution in [-0.4, -0.2) is 54.6 Å². The first-order chi connectivity index (χ1) is 14.6. The number of aromatic nitrogens is 1. The molecule has 2 bridgehead atoms. The lowest BCUT2D eigenvalue weighted by molar-refractivity contribution is -0.117. The molecule has 1 aromatic carbocycles. The first-order valence-electron chi connectivity index (χ1n) is 11.0. The average Bonchev–Trinajstić information content (AvgIpc) is 3.14. The lowest BCUT2D eigenvalue weighted by atomic mass is 9.65. The van der Waals surface area contributed by atoms with Crippen LogP contribution in [0.5, 0.6) is 5.75 Å². The van der Waals surface area contributed by atoms with E-state index in [9.17, 15) is 9.59 Å². The molecule has 0 unspecified atom stereocenters. The van der Waals surface area contributed by atoms with E-state index in [1.807, 2.05) is 18.2 Å². The van der Waals surface area contributed by atoms with E-state index >= 15 is 0 Å². The van der Waals surface area contributed by atoms with Crippen molar-refractivity contribution in [2.45, 2.75) is 53.0 Å². The molecule has 31 heavy (non-hydrogen) atoms. The Balaban J connectivity index is 1.58. The lowest BCUT2D eigenvalue weighted by Crippen LogP contribution is -2.38. The minimum Gasteiger partial charge on any atom is -0.497 e. The van der Waals surface area contributed by atoms with Gasteiger partial charge in [0.05, 0.1) is 25.9 Å². The SMILES string of the molecule is CCOC(=O)c1[nH]c2ccc(OC)cc2c1NC(=O)CN1C[C@@]2(C)C[C@H]1CC(C)(C)C2. The minimum atomic E-state index is -0.487. The molecule has 7 heteroatoms. The average molecular weight is 428 g/mol. The number of likely N-dealkylation sites (tertiary alicyclic amines) is 1. The third-order valence-electron chi connectivity index (χ3n) is 6.62. The van der Waals surface area contributed by atoms with Crippen molar-refractivity contribution < 1.29 is 19.1 Å². The summed E-state index contributed by atoms with van der Waals surface area (Å²) < 4.78 is 10.5. The van der Waals surface area contributed by atoms with Gasteiger partial charge in [-0.2, -0.15) is 0 Å². The number of rotatable bonds is 6. The first-order valence-corrected chi connectivity index (χ1v) is 11.0. The number of H-pyrrole nitrogens is 1. The predicted octanol–water partition coefficient (Wildman–Crippen LogP) is 4.19. The number of nitrogens with one attached hydrogen (secondary N) is 2. The number of carbonyl (C=O) groups is 2. The zero-order chi connectivity index (χ0) is 22.4. The second-order valence-corrected chi connectivity index (χ2v) is 10.2. The van der Waals surface area contributed by atoms with Gasteiger partial charge in [-0.05, 0) is 55.2 Å². The van der Waals surface area contributed by atoms with Gasteiger partial charge in [-0.3, -0.25) is 9.69 Å². The van der Waals surface area contributed by atoms with Crippen LogP contribution in [0.15, 0.2) is 18.2 Å². The van der Waals surface area contributed by atoms with E-state index in [0.717, 1.165) is 30.3 Å². The van der Waals surface area contributed by atoms with E-state index in [4.69, 9.17) is 9.47 Å². The van der Waals surface area contributed by atoms with Gasteiger partial charge in [0.2, 0.25) is 5.91 Å². The summed E-state index contributed by atoms with van der Waals surface area (Å²) in [5.74, 6) is 0.0448. The number of anilines is 1. The number of nitrogens with zero attached hydrogens (tertiary/aromatic N) is 1. The topological polar surface area (TPSA) is 83.7 Å². The maximum atomic E-state index is 13.1. The van der Waals surface area contributed by atoms with Crippen LogP contribution in [0.1, 0.15) is 57.4 Å². The van der Waals surface area contributed by atoms with Crippen LogP contribution >= 0.6 is 0 Å². The second-order valence-electron chi connectivity index (χ2n) is 10.2. The maximum absolute atomic E-state index is 13.1. The molecule has 1 saturated heterocycles. The van der Waals surface area contributed by atoms with Gasteiger partial charge in [0.25, 0.3) is 0 Å². The summed E-state index contributed by atoms with van der Waals surface area (Å²) in [7, 11) is 1.59. The number of benzene rings is 1. The van der Waals surface area contributed by atoms with Crippen molar-refractivity contribution in [3.63, 3.8) is 0 Å². The molecule has 1 saturated carbocycles. The summed E-state index contributed by atoms with van der Waals surface area (Å²) >= 11 is 0. The summed E-state index contributed by atoms with van der Waals surface area (Å²) in [4.78, 5) is 31.0. The van der Waals surface area contributed by atoms with E-state index in [0.29, 0.717) is 29.4 Å². The van der Waals surface area contributed by atoms with Gasteiger partial charge in [-0.1, -0.05) is 20.8 Å². The van der Waals surface area contributed by atoms with Crippen LogP contribution in [0, 0.1) is 10.8 Å². The Morgan fingerprint density at radius 2 is 2.03 bits per heavy atom. The van der Waals surface area contributed by atoms with Crippen LogP contribution < -0.4 is 10.1 Å². The number of aromatic amines is 1. The number of hydrogen-bond donors (Lipinski definition) is 2. The number of esters is 1. The Kier molecular flexibility index (Phi) is 5.50. The summed E-state index contributed by atoms with van der Waals surface area (Å²) in [6.45, 7) is 10.3. The van der Waals surface area contributed by atoms with Crippen molar-refractivity contribution in [3.8, 4) is 5.75 Å². The zero-order valence-corrected chi connectivity index (χ0v) is 19.1. The van der Waals surface area contributed by atoms with E-state index < -0.39 is 5.97 Å². The Bertz CT molecular complexity index is 1010. The fourth-order valence-corrected chi connectivity index (χ4v) is 5.91. The Hall–Kier alpha value is -2.54. The summed E-state index contributed by atoms with van der Waals surface area (Å²) in [5.41, 5.74) is 2.01. The fraction of sp³-hybridized carbons (Fsp3) is 0.583. The maximum Gasteiger partial charge on any atom is 0.356 e. The summed E-state index contributed by atoms with van der Waals surface area (Å²) in [5, 5.41) is 3.72. The van der Waals surface area contributed by atoms with Crippen molar-refractivity contribution in [2.24, 2.45) is 10.8 Å². The number of methoxy groups -OCH3 is 1. The first kappa shape index (κ1) is 21.7. The summed E-state index contributed by atoms with van der Waals surface area (Å²) in [6, 6.07) is 5.88. The van der Waals surface area contributed by atoms with Gasteiger partial charge >= 0.3 is 5.97 Å². The molecule has 0 radical (unpaired) electrons. The van der Waals surface area contributed by atoms with Crippen LogP contribution in [0.2, 0.25) is 0 Å². The van der Waals surface area contributed by atoms with Gasteiger partial charge in [0.1, 0.15) is 11.4 Å². The lowest BCUT2D eigenvalue weighted by Gasteiger charge is -2.39. The minimum absolute atomic E-state index is 0.122. The molecule has 0 spiro atoms. The molecule has 7 nitrogen and oxygen atoms in total. The number of fused-ring (bicyclic) bond motifs is 3. The molecule has 2 heterocycles. The molecular weight excluding hydrogens is 394 g/mol. The molecule has 2 aliphatic rings. The van der Waals surface area contributed by atoms with Gasteiger partial charge in [0.15, 0.2) is 0 Å². The van der Waals surface area contributed by atoms with E-state index in [1.165, 1.54) is 6.42 Å². The molecular formula is C24H33N3O4. The molecule has 2 fully saturated rings. The predicted molar refractivity (Wildman–Crippen MR) is 121 cm³/mol. The Morgan fingerprint density at radius 3 is 2.74 bits per heavy atom. The quantitative estimate of drug-likeness (QED) is 0.676. The van der Waals surface area contributed by atoms with E-state index in [2.05, 4.69) is 36.0 Å². The van der Waals surface area contributed by atoms with E-state index in [-0.39, 0.29) is 23.6 Å². The number of carbonyl (C=O) groups excluding carboxylic acids is 2. The molecule has 2 aromatic rings.